The highest BCUT2D eigenvalue weighted by molar-refractivity contribution is 5.62. The van der Waals surface area contributed by atoms with E-state index < -0.39 is 0 Å². The average Bonchev–Trinajstić information content (AvgIpc) is 3.51. The smallest absolute Gasteiger partial charge is 0.134 e. The molecule has 2 heteroatoms. The van der Waals surface area contributed by atoms with Crippen molar-refractivity contribution in [3.63, 3.8) is 0 Å². The summed E-state index contributed by atoms with van der Waals surface area (Å²) in [5.74, 6) is 3.62. The minimum absolute atomic E-state index is 0.106. The van der Waals surface area contributed by atoms with E-state index in [0.29, 0.717) is 0 Å². The molecule has 0 aliphatic heterocycles. The second-order valence-corrected chi connectivity index (χ2v) is 8.28. The summed E-state index contributed by atoms with van der Waals surface area (Å²) in [6, 6.07) is 35.6. The van der Waals surface area contributed by atoms with Crippen LogP contribution in [0.3, 0.4) is 0 Å². The normalized spacial score (nSPS) is 11.2. The molecule has 2 heterocycles. The molecule has 3 aromatic carbocycles. The van der Waals surface area contributed by atoms with E-state index in [-0.39, 0.29) is 5.92 Å². The van der Waals surface area contributed by atoms with Gasteiger partial charge in [-0.15, -0.1) is 0 Å². The number of benzene rings is 3. The number of furan rings is 2. The van der Waals surface area contributed by atoms with Gasteiger partial charge in [0, 0.05) is 11.1 Å². The van der Waals surface area contributed by atoms with Gasteiger partial charge in [0.1, 0.15) is 29.0 Å². The standard InChI is InChI=1S/C31H28O2/c1-3-22-20-27(24-14-8-5-9-15-24)32-30(22)29(26-18-12-7-13-19-26)31-23(4-2)21-28(33-31)25-16-10-6-11-17-25/h5-21,29H,3-4H2,1-2H3. The van der Waals surface area contributed by atoms with Crippen LogP contribution in [-0.4, -0.2) is 0 Å². The summed E-state index contributed by atoms with van der Waals surface area (Å²) in [6.45, 7) is 4.37. The molecule has 33 heavy (non-hydrogen) atoms. The highest BCUT2D eigenvalue weighted by Gasteiger charge is 2.29. The molecule has 2 aromatic heterocycles. The van der Waals surface area contributed by atoms with E-state index in [0.717, 1.165) is 47.0 Å². The summed E-state index contributed by atoms with van der Waals surface area (Å²) in [5.41, 5.74) is 5.77. The molecule has 0 bridgehead atoms. The van der Waals surface area contributed by atoms with Gasteiger partial charge in [-0.1, -0.05) is 105 Å². The fraction of sp³-hybridized carbons (Fsp3) is 0.161. The highest BCUT2D eigenvalue weighted by atomic mass is 16.4. The molecule has 0 radical (unpaired) electrons. The predicted molar refractivity (Wildman–Crippen MR) is 134 cm³/mol. The van der Waals surface area contributed by atoms with Crippen molar-refractivity contribution in [2.75, 3.05) is 0 Å². The van der Waals surface area contributed by atoms with Crippen molar-refractivity contribution >= 4 is 0 Å². The van der Waals surface area contributed by atoms with Crippen molar-refractivity contribution < 1.29 is 8.83 Å². The van der Waals surface area contributed by atoms with Crippen LogP contribution in [-0.2, 0) is 12.8 Å². The molecule has 0 fully saturated rings. The fourth-order valence-corrected chi connectivity index (χ4v) is 4.48. The Bertz CT molecular complexity index is 1230. The first kappa shape index (κ1) is 21.1. The summed E-state index contributed by atoms with van der Waals surface area (Å²) in [5, 5.41) is 0. The summed E-state index contributed by atoms with van der Waals surface area (Å²) in [6.07, 6.45) is 1.78. The first-order chi connectivity index (χ1) is 16.3. The second kappa shape index (κ2) is 9.38. The van der Waals surface area contributed by atoms with Gasteiger partial charge in [-0.05, 0) is 41.7 Å². The number of aryl methyl sites for hydroxylation is 2. The highest BCUT2D eigenvalue weighted by Crippen LogP contribution is 2.42. The maximum atomic E-state index is 6.62. The molecule has 0 N–H and O–H groups in total. The van der Waals surface area contributed by atoms with E-state index in [1.807, 2.05) is 36.4 Å². The summed E-state index contributed by atoms with van der Waals surface area (Å²) < 4.78 is 13.2. The Hall–Kier alpha value is -3.78. The van der Waals surface area contributed by atoms with Crippen LogP contribution in [0.4, 0.5) is 0 Å². The second-order valence-electron chi connectivity index (χ2n) is 8.28. The number of rotatable bonds is 7. The van der Waals surface area contributed by atoms with Crippen molar-refractivity contribution in [3.8, 4) is 22.6 Å². The SMILES string of the molecule is CCc1cc(-c2ccccc2)oc1C(c1ccccc1)c1oc(-c2ccccc2)cc1CC. The molecule has 0 unspecified atom stereocenters. The van der Waals surface area contributed by atoms with Gasteiger partial charge in [0.25, 0.3) is 0 Å². The Labute approximate surface area is 195 Å². The van der Waals surface area contributed by atoms with Crippen LogP contribution < -0.4 is 0 Å². The summed E-state index contributed by atoms with van der Waals surface area (Å²) >= 11 is 0. The van der Waals surface area contributed by atoms with E-state index in [2.05, 4.69) is 80.6 Å². The Balaban J connectivity index is 1.70. The van der Waals surface area contributed by atoms with Crippen molar-refractivity contribution in [3.05, 3.63) is 131 Å². The maximum absolute atomic E-state index is 6.62. The van der Waals surface area contributed by atoms with Crippen molar-refractivity contribution in [2.24, 2.45) is 0 Å². The summed E-state index contributed by atoms with van der Waals surface area (Å²) in [7, 11) is 0. The lowest BCUT2D eigenvalue weighted by molar-refractivity contribution is 0.455. The van der Waals surface area contributed by atoms with Gasteiger partial charge in [0.05, 0.1) is 0 Å². The first-order valence-corrected chi connectivity index (χ1v) is 11.7. The van der Waals surface area contributed by atoms with Crippen LogP contribution in [0.25, 0.3) is 22.6 Å². The molecule has 0 saturated heterocycles. The third kappa shape index (κ3) is 4.17. The molecule has 0 saturated carbocycles. The van der Waals surface area contributed by atoms with Crippen molar-refractivity contribution in [2.45, 2.75) is 32.6 Å². The molecule has 5 aromatic rings. The molecule has 164 valence electrons. The van der Waals surface area contributed by atoms with Crippen LogP contribution >= 0.6 is 0 Å². The van der Waals surface area contributed by atoms with Crippen LogP contribution in [0, 0.1) is 0 Å². The largest absolute Gasteiger partial charge is 0.460 e. The molecule has 0 amide bonds. The zero-order valence-corrected chi connectivity index (χ0v) is 19.1. The number of hydrogen-bond donors (Lipinski definition) is 0. The van der Waals surface area contributed by atoms with Gasteiger partial charge in [-0.3, -0.25) is 0 Å². The quantitative estimate of drug-likeness (QED) is 0.258. The van der Waals surface area contributed by atoms with Crippen LogP contribution in [0.2, 0.25) is 0 Å². The van der Waals surface area contributed by atoms with Gasteiger partial charge in [-0.2, -0.15) is 0 Å². The monoisotopic (exact) mass is 432 g/mol. The van der Waals surface area contributed by atoms with Crippen molar-refractivity contribution in [1.29, 1.82) is 0 Å². The summed E-state index contributed by atoms with van der Waals surface area (Å²) in [4.78, 5) is 0. The lowest BCUT2D eigenvalue weighted by Gasteiger charge is -2.16. The predicted octanol–water partition coefficient (Wildman–Crippen LogP) is 8.51. The lowest BCUT2D eigenvalue weighted by Crippen LogP contribution is -2.05. The van der Waals surface area contributed by atoms with Crippen molar-refractivity contribution in [1.82, 2.24) is 0 Å². The van der Waals surface area contributed by atoms with Crippen LogP contribution in [0.5, 0.6) is 0 Å². The fourth-order valence-electron chi connectivity index (χ4n) is 4.48. The minimum Gasteiger partial charge on any atom is -0.460 e. The van der Waals surface area contributed by atoms with E-state index in [1.165, 1.54) is 16.7 Å². The zero-order valence-electron chi connectivity index (χ0n) is 19.1. The Morgan fingerprint density at radius 3 is 1.33 bits per heavy atom. The third-order valence-corrected chi connectivity index (χ3v) is 6.22. The van der Waals surface area contributed by atoms with Gasteiger partial charge in [0.2, 0.25) is 0 Å². The maximum Gasteiger partial charge on any atom is 0.134 e. The minimum atomic E-state index is -0.106. The van der Waals surface area contributed by atoms with Gasteiger partial charge in [-0.25, -0.2) is 0 Å². The van der Waals surface area contributed by atoms with E-state index in [4.69, 9.17) is 8.83 Å². The molecule has 0 spiro atoms. The molecular weight excluding hydrogens is 404 g/mol. The molecule has 0 atom stereocenters. The Morgan fingerprint density at radius 1 is 0.545 bits per heavy atom. The molecular formula is C31H28O2. The third-order valence-electron chi connectivity index (χ3n) is 6.22. The molecule has 0 aliphatic rings. The molecule has 5 rings (SSSR count). The van der Waals surface area contributed by atoms with Gasteiger partial charge < -0.3 is 8.83 Å². The van der Waals surface area contributed by atoms with Crippen LogP contribution in [0.15, 0.2) is 112 Å². The van der Waals surface area contributed by atoms with Gasteiger partial charge in [0.15, 0.2) is 0 Å². The molecule has 2 nitrogen and oxygen atoms in total. The lowest BCUT2D eigenvalue weighted by atomic mass is 9.89. The van der Waals surface area contributed by atoms with Gasteiger partial charge >= 0.3 is 0 Å². The van der Waals surface area contributed by atoms with E-state index in [1.54, 1.807) is 0 Å². The topological polar surface area (TPSA) is 26.3 Å². The Kier molecular flexibility index (Phi) is 5.99. The van der Waals surface area contributed by atoms with Crippen LogP contribution in [0.1, 0.15) is 48.0 Å². The average molecular weight is 433 g/mol. The molecule has 0 aliphatic carbocycles. The zero-order chi connectivity index (χ0) is 22.6. The van der Waals surface area contributed by atoms with E-state index in [9.17, 15) is 0 Å². The number of hydrogen-bond acceptors (Lipinski definition) is 2. The first-order valence-electron chi connectivity index (χ1n) is 11.7. The Morgan fingerprint density at radius 2 is 0.939 bits per heavy atom. The van der Waals surface area contributed by atoms with E-state index >= 15 is 0 Å².